The van der Waals surface area contributed by atoms with Gasteiger partial charge in [0.05, 0.1) is 22.9 Å². The second-order valence-corrected chi connectivity index (χ2v) is 9.26. The Morgan fingerprint density at radius 1 is 0.929 bits per heavy atom. The number of hydrogen-bond donors (Lipinski definition) is 1. The van der Waals surface area contributed by atoms with Crippen LogP contribution in [0.1, 0.15) is 12.5 Å². The fourth-order valence-corrected chi connectivity index (χ4v) is 4.68. The van der Waals surface area contributed by atoms with Crippen LogP contribution in [0.15, 0.2) is 121 Å². The van der Waals surface area contributed by atoms with Gasteiger partial charge in [0.15, 0.2) is 0 Å². The lowest BCUT2D eigenvalue weighted by molar-refractivity contribution is -0.384. The van der Waals surface area contributed by atoms with E-state index in [-0.39, 0.29) is 11.3 Å². The molecule has 206 valence electrons. The molecule has 8 heteroatoms. The van der Waals surface area contributed by atoms with Gasteiger partial charge in [-0.3, -0.25) is 14.9 Å². The molecule has 5 rings (SSSR count). The molecule has 0 spiro atoms. The molecule has 1 heterocycles. The Balaban J connectivity index is 1.68. The summed E-state index contributed by atoms with van der Waals surface area (Å²) < 4.78 is 7.51. The SMILES string of the molecule is CCOc1cccc(NC(=O)/C(C#N)=C/c2cc(-c3ccccc3)n(-c3ccc([N+](=O)[O-])cc3)c2-c2ccccc2)c1. The quantitative estimate of drug-likeness (QED) is 0.0870. The first kappa shape index (κ1) is 27.6. The minimum atomic E-state index is -0.561. The zero-order valence-electron chi connectivity index (χ0n) is 22.7. The topological polar surface area (TPSA) is 110 Å². The first-order chi connectivity index (χ1) is 20.5. The third kappa shape index (κ3) is 5.96. The van der Waals surface area contributed by atoms with Crippen LogP contribution in [-0.4, -0.2) is 22.0 Å². The lowest BCUT2D eigenvalue weighted by Crippen LogP contribution is -2.13. The van der Waals surface area contributed by atoms with Crippen LogP contribution in [0.3, 0.4) is 0 Å². The molecule has 0 saturated heterocycles. The summed E-state index contributed by atoms with van der Waals surface area (Å²) in [6.07, 6.45) is 1.57. The number of benzene rings is 4. The van der Waals surface area contributed by atoms with E-state index in [2.05, 4.69) is 11.4 Å². The summed E-state index contributed by atoms with van der Waals surface area (Å²) >= 11 is 0. The number of nitrogens with one attached hydrogen (secondary N) is 1. The van der Waals surface area contributed by atoms with E-state index in [1.165, 1.54) is 12.1 Å². The summed E-state index contributed by atoms with van der Waals surface area (Å²) in [5.41, 5.74) is 4.96. The molecule has 4 aromatic carbocycles. The molecule has 0 aliphatic rings. The number of carbonyl (C=O) groups excluding carboxylic acids is 1. The van der Waals surface area contributed by atoms with Gasteiger partial charge >= 0.3 is 0 Å². The molecule has 0 fully saturated rings. The van der Waals surface area contributed by atoms with Crippen molar-refractivity contribution in [3.8, 4) is 40.0 Å². The molecule has 5 aromatic rings. The normalized spacial score (nSPS) is 11.0. The van der Waals surface area contributed by atoms with Crippen molar-refractivity contribution < 1.29 is 14.5 Å². The highest BCUT2D eigenvalue weighted by molar-refractivity contribution is 6.10. The predicted octanol–water partition coefficient (Wildman–Crippen LogP) is 7.66. The number of nitriles is 1. The van der Waals surface area contributed by atoms with Crippen molar-refractivity contribution in [3.05, 3.63) is 137 Å². The van der Waals surface area contributed by atoms with Crippen LogP contribution in [0.2, 0.25) is 0 Å². The van der Waals surface area contributed by atoms with E-state index in [1.54, 1.807) is 42.5 Å². The number of carbonyl (C=O) groups is 1. The highest BCUT2D eigenvalue weighted by Crippen LogP contribution is 2.37. The molecule has 42 heavy (non-hydrogen) atoms. The van der Waals surface area contributed by atoms with Crippen molar-refractivity contribution in [2.45, 2.75) is 6.92 Å². The van der Waals surface area contributed by atoms with Gasteiger partial charge in [-0.25, -0.2) is 0 Å². The second kappa shape index (κ2) is 12.5. The fraction of sp³-hybridized carbons (Fsp3) is 0.0588. The standard InChI is InChI=1S/C34H26N4O4/c1-2-42-31-15-9-14-28(22-31)36-34(39)27(23-35)20-26-21-32(24-10-5-3-6-11-24)37(33(26)25-12-7-4-8-13-25)29-16-18-30(19-17-29)38(40)41/h3-22H,2H2,1H3,(H,36,39)/b27-20+. The Labute approximate surface area is 242 Å². The van der Waals surface area contributed by atoms with Crippen LogP contribution in [0.4, 0.5) is 11.4 Å². The fourth-order valence-electron chi connectivity index (χ4n) is 4.68. The van der Waals surface area contributed by atoms with Gasteiger partial charge in [-0.1, -0.05) is 66.7 Å². The molecule has 0 radical (unpaired) electrons. The van der Waals surface area contributed by atoms with E-state index < -0.39 is 10.8 Å². The molecule has 0 aliphatic heterocycles. The van der Waals surface area contributed by atoms with Crippen molar-refractivity contribution in [2.24, 2.45) is 0 Å². The number of anilines is 1. The first-order valence-electron chi connectivity index (χ1n) is 13.3. The minimum Gasteiger partial charge on any atom is -0.494 e. The monoisotopic (exact) mass is 554 g/mol. The molecule has 1 amide bonds. The van der Waals surface area contributed by atoms with Gasteiger partial charge in [0, 0.05) is 35.1 Å². The van der Waals surface area contributed by atoms with E-state index in [9.17, 15) is 20.2 Å². The summed E-state index contributed by atoms with van der Waals surface area (Å²) in [5.74, 6) is 0.0475. The lowest BCUT2D eigenvalue weighted by atomic mass is 10.0. The molecule has 1 N–H and O–H groups in total. The number of nitrogens with zero attached hydrogens (tertiary/aromatic N) is 3. The molecule has 0 unspecified atom stereocenters. The number of nitro benzene ring substituents is 1. The average Bonchev–Trinajstić information content (AvgIpc) is 3.40. The number of rotatable bonds is 9. The molecule has 8 nitrogen and oxygen atoms in total. The van der Waals surface area contributed by atoms with Gasteiger partial charge in [-0.15, -0.1) is 0 Å². The Morgan fingerprint density at radius 3 is 2.21 bits per heavy atom. The number of nitro groups is 1. The minimum absolute atomic E-state index is 0.0228. The van der Waals surface area contributed by atoms with Crippen LogP contribution < -0.4 is 10.1 Å². The number of aromatic nitrogens is 1. The zero-order chi connectivity index (χ0) is 29.5. The summed E-state index contributed by atoms with van der Waals surface area (Å²) in [6, 6.07) is 36.5. The molecule has 0 atom stereocenters. The van der Waals surface area contributed by atoms with Crippen molar-refractivity contribution >= 4 is 23.4 Å². The Bertz CT molecular complexity index is 1800. The predicted molar refractivity (Wildman–Crippen MR) is 163 cm³/mol. The smallest absolute Gasteiger partial charge is 0.269 e. The van der Waals surface area contributed by atoms with Crippen LogP contribution >= 0.6 is 0 Å². The Kier molecular flexibility index (Phi) is 8.22. The number of amides is 1. The molecule has 0 bridgehead atoms. The van der Waals surface area contributed by atoms with E-state index >= 15 is 0 Å². The van der Waals surface area contributed by atoms with Crippen LogP contribution in [0.25, 0.3) is 34.3 Å². The van der Waals surface area contributed by atoms with Crippen molar-refractivity contribution in [1.82, 2.24) is 4.57 Å². The van der Waals surface area contributed by atoms with E-state index in [1.807, 2.05) is 78.2 Å². The third-order valence-corrected chi connectivity index (χ3v) is 6.53. The summed E-state index contributed by atoms with van der Waals surface area (Å²) in [6.45, 7) is 2.36. The lowest BCUT2D eigenvalue weighted by Gasteiger charge is -2.15. The largest absolute Gasteiger partial charge is 0.494 e. The van der Waals surface area contributed by atoms with Crippen molar-refractivity contribution in [3.63, 3.8) is 0 Å². The first-order valence-corrected chi connectivity index (χ1v) is 13.3. The third-order valence-electron chi connectivity index (χ3n) is 6.53. The molecule has 0 saturated carbocycles. The number of non-ortho nitro benzene ring substituents is 1. The zero-order valence-corrected chi connectivity index (χ0v) is 22.7. The molecule has 1 aromatic heterocycles. The summed E-state index contributed by atoms with van der Waals surface area (Å²) in [5, 5.41) is 24.2. The van der Waals surface area contributed by atoms with Gasteiger partial charge in [-0.05, 0) is 54.5 Å². The second-order valence-electron chi connectivity index (χ2n) is 9.26. The maximum Gasteiger partial charge on any atom is 0.269 e. The Morgan fingerprint density at radius 2 is 1.60 bits per heavy atom. The van der Waals surface area contributed by atoms with E-state index in [0.29, 0.717) is 29.3 Å². The van der Waals surface area contributed by atoms with Crippen LogP contribution in [0, 0.1) is 21.4 Å². The van der Waals surface area contributed by atoms with Gasteiger partial charge in [0.25, 0.3) is 11.6 Å². The summed E-state index contributed by atoms with van der Waals surface area (Å²) in [7, 11) is 0. The highest BCUT2D eigenvalue weighted by Gasteiger charge is 2.21. The van der Waals surface area contributed by atoms with Crippen LogP contribution in [0.5, 0.6) is 5.75 Å². The highest BCUT2D eigenvalue weighted by atomic mass is 16.6. The van der Waals surface area contributed by atoms with Crippen molar-refractivity contribution in [2.75, 3.05) is 11.9 Å². The molecular formula is C34H26N4O4. The average molecular weight is 555 g/mol. The van der Waals surface area contributed by atoms with Gasteiger partial charge in [-0.2, -0.15) is 5.26 Å². The van der Waals surface area contributed by atoms with Crippen molar-refractivity contribution in [1.29, 1.82) is 5.26 Å². The molecule has 0 aliphatic carbocycles. The molecular weight excluding hydrogens is 528 g/mol. The Hall–Kier alpha value is -5.94. The van der Waals surface area contributed by atoms with Gasteiger partial charge < -0.3 is 14.6 Å². The van der Waals surface area contributed by atoms with E-state index in [4.69, 9.17) is 4.74 Å². The number of ether oxygens (including phenoxy) is 1. The summed E-state index contributed by atoms with van der Waals surface area (Å²) in [4.78, 5) is 24.2. The van der Waals surface area contributed by atoms with Gasteiger partial charge in [0.2, 0.25) is 0 Å². The number of hydrogen-bond acceptors (Lipinski definition) is 5. The maximum absolute atomic E-state index is 13.3. The van der Waals surface area contributed by atoms with Crippen LogP contribution in [-0.2, 0) is 4.79 Å². The van der Waals surface area contributed by atoms with Gasteiger partial charge in [0.1, 0.15) is 17.4 Å². The maximum atomic E-state index is 13.3. The van der Waals surface area contributed by atoms with E-state index in [0.717, 1.165) is 22.5 Å².